The van der Waals surface area contributed by atoms with E-state index < -0.39 is 0 Å². The van der Waals surface area contributed by atoms with Crippen LogP contribution in [0.25, 0.3) is 0 Å². The molecule has 0 aromatic carbocycles. The van der Waals surface area contributed by atoms with E-state index in [1.54, 1.807) is 11.3 Å². The normalized spacial score (nSPS) is 14.8. The minimum absolute atomic E-state index is 0. The molecule has 0 radical (unpaired) electrons. The van der Waals surface area contributed by atoms with Crippen LogP contribution < -0.4 is 11.1 Å². The molecule has 1 aliphatic rings. The lowest BCUT2D eigenvalue weighted by molar-refractivity contribution is 0.682. The van der Waals surface area contributed by atoms with E-state index in [0.717, 1.165) is 19.5 Å². The first-order chi connectivity index (χ1) is 5.36. The third-order valence-electron chi connectivity index (χ3n) is 1.85. The third-order valence-corrected chi connectivity index (χ3v) is 2.77. The van der Waals surface area contributed by atoms with E-state index in [9.17, 15) is 0 Å². The van der Waals surface area contributed by atoms with E-state index in [1.807, 2.05) is 0 Å². The molecule has 0 saturated carbocycles. The van der Waals surface area contributed by atoms with Crippen LogP contribution in [0, 0.1) is 0 Å². The van der Waals surface area contributed by atoms with Gasteiger partial charge in [-0.2, -0.15) is 0 Å². The summed E-state index contributed by atoms with van der Waals surface area (Å²) in [6.45, 7) is 2.05. The summed E-state index contributed by atoms with van der Waals surface area (Å²) in [6, 6.07) is 0. The van der Waals surface area contributed by atoms with Gasteiger partial charge in [0.05, 0.1) is 5.69 Å². The Bertz CT molecular complexity index is 241. The summed E-state index contributed by atoms with van der Waals surface area (Å²) in [4.78, 5) is 5.59. The number of anilines is 1. The van der Waals surface area contributed by atoms with Gasteiger partial charge in [0, 0.05) is 11.4 Å². The van der Waals surface area contributed by atoms with Crippen molar-refractivity contribution in [1.29, 1.82) is 0 Å². The van der Waals surface area contributed by atoms with Gasteiger partial charge in [-0.15, -0.1) is 36.2 Å². The molecule has 0 saturated heterocycles. The van der Waals surface area contributed by atoms with Crippen LogP contribution in [-0.4, -0.2) is 11.5 Å². The van der Waals surface area contributed by atoms with Crippen molar-refractivity contribution in [2.45, 2.75) is 19.4 Å². The van der Waals surface area contributed by atoms with Gasteiger partial charge in [-0.1, -0.05) is 0 Å². The van der Waals surface area contributed by atoms with Gasteiger partial charge >= 0.3 is 0 Å². The Balaban J connectivity index is 0.000000720. The summed E-state index contributed by atoms with van der Waals surface area (Å²) in [5, 5.41) is 4.04. The maximum atomic E-state index is 5.59. The predicted molar refractivity (Wildman–Crippen MR) is 61.1 cm³/mol. The van der Waals surface area contributed by atoms with Gasteiger partial charge in [0.25, 0.3) is 0 Å². The molecule has 3 nitrogen and oxygen atoms in total. The average molecular weight is 242 g/mol. The van der Waals surface area contributed by atoms with Crippen LogP contribution in [-0.2, 0) is 13.0 Å². The van der Waals surface area contributed by atoms with E-state index in [2.05, 4.69) is 10.3 Å². The Morgan fingerprint density at radius 1 is 1.38 bits per heavy atom. The third kappa shape index (κ3) is 2.98. The number of nitrogens with two attached hydrogens (primary N) is 1. The Morgan fingerprint density at radius 3 is 2.92 bits per heavy atom. The van der Waals surface area contributed by atoms with Crippen molar-refractivity contribution in [3.05, 3.63) is 10.6 Å². The van der Waals surface area contributed by atoms with Gasteiger partial charge in [0.1, 0.15) is 0 Å². The SMILES string of the molecule is Cl.Cl.Nc1nc2c(s1)CNCCC2. The summed E-state index contributed by atoms with van der Waals surface area (Å²) >= 11 is 1.61. The molecule has 2 heterocycles. The summed E-state index contributed by atoms with van der Waals surface area (Å²) in [5.41, 5.74) is 6.80. The summed E-state index contributed by atoms with van der Waals surface area (Å²) in [5.74, 6) is 0. The molecular weight excluding hydrogens is 229 g/mol. The summed E-state index contributed by atoms with van der Waals surface area (Å²) in [6.07, 6.45) is 2.26. The van der Waals surface area contributed by atoms with Crippen molar-refractivity contribution in [2.75, 3.05) is 12.3 Å². The summed E-state index contributed by atoms with van der Waals surface area (Å²) < 4.78 is 0. The number of fused-ring (bicyclic) bond motifs is 1. The number of halogens is 2. The van der Waals surface area contributed by atoms with Crippen molar-refractivity contribution in [3.8, 4) is 0 Å². The summed E-state index contributed by atoms with van der Waals surface area (Å²) in [7, 11) is 0. The number of nitrogen functional groups attached to an aromatic ring is 1. The van der Waals surface area contributed by atoms with Crippen molar-refractivity contribution in [2.24, 2.45) is 0 Å². The van der Waals surface area contributed by atoms with Crippen LogP contribution in [0.3, 0.4) is 0 Å². The van der Waals surface area contributed by atoms with Crippen LogP contribution in [0.2, 0.25) is 0 Å². The standard InChI is InChI=1S/C7H11N3S.2ClH/c8-7-10-5-2-1-3-9-4-6(5)11-7;;/h9H,1-4H2,(H2,8,10);2*1H. The van der Waals surface area contributed by atoms with Crippen LogP contribution in [0.1, 0.15) is 17.0 Å². The van der Waals surface area contributed by atoms with Crippen molar-refractivity contribution < 1.29 is 0 Å². The zero-order valence-corrected chi connectivity index (χ0v) is 9.53. The first-order valence-corrected chi connectivity index (χ1v) is 4.62. The maximum Gasteiger partial charge on any atom is 0.180 e. The van der Waals surface area contributed by atoms with Gasteiger partial charge < -0.3 is 11.1 Å². The first kappa shape index (κ1) is 13.0. The molecule has 2 rings (SSSR count). The number of thiazole rings is 1. The van der Waals surface area contributed by atoms with Crippen molar-refractivity contribution in [1.82, 2.24) is 10.3 Å². The van der Waals surface area contributed by atoms with E-state index in [1.165, 1.54) is 17.0 Å². The average Bonchev–Trinajstić information content (AvgIpc) is 2.17. The molecule has 6 heteroatoms. The molecule has 3 N–H and O–H groups in total. The molecule has 1 aromatic rings. The fourth-order valence-electron chi connectivity index (χ4n) is 1.32. The Morgan fingerprint density at radius 2 is 2.15 bits per heavy atom. The van der Waals surface area contributed by atoms with E-state index in [4.69, 9.17) is 5.73 Å². The lowest BCUT2D eigenvalue weighted by Crippen LogP contribution is -2.11. The number of rotatable bonds is 0. The van der Waals surface area contributed by atoms with Gasteiger partial charge in [0.15, 0.2) is 5.13 Å². The molecule has 0 atom stereocenters. The van der Waals surface area contributed by atoms with Crippen LogP contribution in [0.4, 0.5) is 5.13 Å². The molecule has 0 spiro atoms. The number of hydrogen-bond donors (Lipinski definition) is 2. The highest BCUT2D eigenvalue weighted by atomic mass is 35.5. The molecule has 0 amide bonds. The Labute approximate surface area is 93.9 Å². The lowest BCUT2D eigenvalue weighted by atomic mass is 10.2. The van der Waals surface area contributed by atoms with Crippen molar-refractivity contribution in [3.63, 3.8) is 0 Å². The van der Waals surface area contributed by atoms with E-state index in [0.29, 0.717) is 5.13 Å². The van der Waals surface area contributed by atoms with E-state index in [-0.39, 0.29) is 24.8 Å². The second-order valence-electron chi connectivity index (χ2n) is 2.70. The van der Waals surface area contributed by atoms with Crippen LogP contribution in [0.5, 0.6) is 0 Å². The largest absolute Gasteiger partial charge is 0.375 e. The lowest BCUT2D eigenvalue weighted by Gasteiger charge is -1.93. The van der Waals surface area contributed by atoms with Crippen molar-refractivity contribution >= 4 is 41.3 Å². The Kier molecular flexibility index (Phi) is 5.64. The highest BCUT2D eigenvalue weighted by Gasteiger charge is 2.11. The maximum absolute atomic E-state index is 5.59. The fourth-order valence-corrected chi connectivity index (χ4v) is 2.17. The zero-order valence-electron chi connectivity index (χ0n) is 7.08. The highest BCUT2D eigenvalue weighted by molar-refractivity contribution is 7.15. The highest BCUT2D eigenvalue weighted by Crippen LogP contribution is 2.22. The molecule has 0 fully saturated rings. The second-order valence-corrected chi connectivity index (χ2v) is 3.82. The molecule has 13 heavy (non-hydrogen) atoms. The fraction of sp³-hybridized carbons (Fsp3) is 0.571. The number of hydrogen-bond acceptors (Lipinski definition) is 4. The zero-order chi connectivity index (χ0) is 7.68. The minimum atomic E-state index is 0. The van der Waals surface area contributed by atoms with Crippen LogP contribution >= 0.6 is 36.2 Å². The molecule has 0 unspecified atom stereocenters. The molecule has 0 bridgehead atoms. The second kappa shape index (κ2) is 5.65. The number of nitrogens with one attached hydrogen (secondary N) is 1. The molecular formula is C7H13Cl2N3S. The first-order valence-electron chi connectivity index (χ1n) is 3.81. The topological polar surface area (TPSA) is 50.9 Å². The minimum Gasteiger partial charge on any atom is -0.375 e. The monoisotopic (exact) mass is 241 g/mol. The number of nitrogens with zero attached hydrogens (tertiary/aromatic N) is 1. The van der Waals surface area contributed by atoms with Gasteiger partial charge in [-0.25, -0.2) is 4.98 Å². The van der Waals surface area contributed by atoms with E-state index >= 15 is 0 Å². The molecule has 0 aliphatic carbocycles. The smallest absolute Gasteiger partial charge is 0.180 e. The van der Waals surface area contributed by atoms with Gasteiger partial charge in [0.2, 0.25) is 0 Å². The van der Waals surface area contributed by atoms with Crippen LogP contribution in [0.15, 0.2) is 0 Å². The Hall–Kier alpha value is -0.0300. The number of aromatic nitrogens is 1. The quantitative estimate of drug-likeness (QED) is 0.726. The van der Waals surface area contributed by atoms with Gasteiger partial charge in [-0.3, -0.25) is 0 Å². The predicted octanol–water partition coefficient (Wildman–Crippen LogP) is 1.60. The number of aryl methyl sites for hydroxylation is 1. The van der Waals surface area contributed by atoms with Gasteiger partial charge in [-0.05, 0) is 19.4 Å². The molecule has 76 valence electrons. The molecule has 1 aliphatic heterocycles. The molecule has 1 aromatic heterocycles.